The molecule has 0 radical (unpaired) electrons. The zero-order valence-electron chi connectivity index (χ0n) is 10.6. The first-order valence-corrected chi connectivity index (χ1v) is 5.95. The summed E-state index contributed by atoms with van der Waals surface area (Å²) in [6.07, 6.45) is 1.71. The second-order valence-electron chi connectivity index (χ2n) is 4.48. The van der Waals surface area contributed by atoms with Crippen LogP contribution in [0.1, 0.15) is 25.8 Å². The lowest BCUT2D eigenvalue weighted by molar-refractivity contribution is -0.385. The number of rotatable bonds is 6. The van der Waals surface area contributed by atoms with Crippen molar-refractivity contribution < 1.29 is 4.92 Å². The molecule has 1 aromatic carbocycles. The normalized spacial score (nSPS) is 14.3. The van der Waals surface area contributed by atoms with Gasteiger partial charge in [0.15, 0.2) is 0 Å². The molecule has 0 saturated carbocycles. The van der Waals surface area contributed by atoms with Crippen LogP contribution in [-0.2, 0) is 6.42 Å². The smallest absolute Gasteiger partial charge is 0.272 e. The van der Waals surface area contributed by atoms with Crippen LogP contribution in [-0.4, -0.2) is 18.0 Å². The lowest BCUT2D eigenvalue weighted by atomic mass is 9.95. The summed E-state index contributed by atoms with van der Waals surface area (Å²) in [7, 11) is 1.94. The van der Waals surface area contributed by atoms with Gasteiger partial charge in [-0.3, -0.25) is 10.1 Å². The summed E-state index contributed by atoms with van der Waals surface area (Å²) in [5, 5.41) is 14.1. The third-order valence-corrected chi connectivity index (χ3v) is 3.37. The van der Waals surface area contributed by atoms with Crippen molar-refractivity contribution in [3.8, 4) is 0 Å². The van der Waals surface area contributed by atoms with Crippen LogP contribution in [0.5, 0.6) is 0 Å². The van der Waals surface area contributed by atoms with E-state index >= 15 is 0 Å². The summed E-state index contributed by atoms with van der Waals surface area (Å²) < 4.78 is 0. The third-order valence-electron chi connectivity index (χ3n) is 3.37. The van der Waals surface area contributed by atoms with Crippen LogP contribution in [0, 0.1) is 16.0 Å². The molecule has 0 bridgehead atoms. The van der Waals surface area contributed by atoms with Crippen LogP contribution in [0.4, 0.5) is 5.69 Å². The molecule has 1 aromatic rings. The largest absolute Gasteiger partial charge is 0.317 e. The van der Waals surface area contributed by atoms with Crippen LogP contribution in [0.2, 0.25) is 0 Å². The second kappa shape index (κ2) is 6.35. The first-order chi connectivity index (χ1) is 8.06. The molecule has 1 rings (SSSR count). The molecule has 2 atom stereocenters. The molecule has 0 saturated heterocycles. The molecule has 0 aromatic heterocycles. The molecule has 0 fully saturated rings. The maximum absolute atomic E-state index is 10.8. The van der Waals surface area contributed by atoms with E-state index in [0.717, 1.165) is 18.4 Å². The quantitative estimate of drug-likeness (QED) is 0.610. The number of aryl methyl sites for hydroxylation is 1. The average Bonchev–Trinajstić information content (AvgIpc) is 2.35. The Labute approximate surface area is 102 Å². The van der Waals surface area contributed by atoms with Crippen molar-refractivity contribution in [1.82, 2.24) is 5.32 Å². The Kier molecular flexibility index (Phi) is 5.10. The maximum Gasteiger partial charge on any atom is 0.272 e. The van der Waals surface area contributed by atoms with Crippen molar-refractivity contribution in [2.45, 2.75) is 32.7 Å². The van der Waals surface area contributed by atoms with E-state index in [0.29, 0.717) is 12.0 Å². The minimum atomic E-state index is -0.304. The van der Waals surface area contributed by atoms with E-state index in [4.69, 9.17) is 0 Å². The number of nitro benzene ring substituents is 1. The van der Waals surface area contributed by atoms with Gasteiger partial charge in [-0.05, 0) is 32.7 Å². The molecule has 0 heterocycles. The first-order valence-electron chi connectivity index (χ1n) is 5.95. The van der Waals surface area contributed by atoms with Crippen molar-refractivity contribution in [2.75, 3.05) is 7.05 Å². The Morgan fingerprint density at radius 3 is 2.59 bits per heavy atom. The Hall–Kier alpha value is -1.42. The second-order valence-corrected chi connectivity index (χ2v) is 4.48. The van der Waals surface area contributed by atoms with E-state index in [-0.39, 0.29) is 10.6 Å². The molecular formula is C13H20N2O2. The Balaban J connectivity index is 2.66. The molecule has 94 valence electrons. The highest BCUT2D eigenvalue weighted by Crippen LogP contribution is 2.21. The number of hydrogen-bond acceptors (Lipinski definition) is 3. The van der Waals surface area contributed by atoms with Crippen molar-refractivity contribution in [3.63, 3.8) is 0 Å². The van der Waals surface area contributed by atoms with Gasteiger partial charge in [0.25, 0.3) is 5.69 Å². The molecule has 17 heavy (non-hydrogen) atoms. The number of nitro groups is 1. The van der Waals surface area contributed by atoms with Gasteiger partial charge in [0.1, 0.15) is 0 Å². The number of nitrogens with one attached hydrogen (secondary N) is 1. The van der Waals surface area contributed by atoms with Gasteiger partial charge in [0.2, 0.25) is 0 Å². The average molecular weight is 236 g/mol. The zero-order chi connectivity index (χ0) is 12.8. The van der Waals surface area contributed by atoms with Gasteiger partial charge in [-0.1, -0.05) is 25.1 Å². The highest BCUT2D eigenvalue weighted by molar-refractivity contribution is 5.39. The summed E-state index contributed by atoms with van der Waals surface area (Å²) in [4.78, 5) is 10.5. The molecule has 0 spiro atoms. The summed E-state index contributed by atoms with van der Waals surface area (Å²) in [5.74, 6) is 0.500. The number of nitrogens with zero attached hydrogens (tertiary/aromatic N) is 1. The molecule has 4 heteroatoms. The Bertz CT molecular complexity index is 379. The van der Waals surface area contributed by atoms with E-state index in [1.807, 2.05) is 19.2 Å². The molecule has 4 nitrogen and oxygen atoms in total. The Morgan fingerprint density at radius 2 is 2.00 bits per heavy atom. The monoisotopic (exact) mass is 236 g/mol. The van der Waals surface area contributed by atoms with Crippen LogP contribution in [0.25, 0.3) is 0 Å². The van der Waals surface area contributed by atoms with E-state index in [1.165, 1.54) is 0 Å². The number of para-hydroxylation sites is 1. The van der Waals surface area contributed by atoms with E-state index in [9.17, 15) is 10.1 Å². The molecular weight excluding hydrogens is 216 g/mol. The lowest BCUT2D eigenvalue weighted by Crippen LogP contribution is -2.28. The predicted molar refractivity (Wildman–Crippen MR) is 69.1 cm³/mol. The van der Waals surface area contributed by atoms with Crippen LogP contribution >= 0.6 is 0 Å². The summed E-state index contributed by atoms with van der Waals surface area (Å²) in [6, 6.07) is 7.41. The SMILES string of the molecule is CNC(C)C(C)CCc1ccccc1[N+](=O)[O-]. The first kappa shape index (κ1) is 13.6. The standard InChI is InChI=1S/C13H20N2O2/c1-10(11(2)14-3)8-9-12-6-4-5-7-13(12)15(16)17/h4-7,10-11,14H,8-9H2,1-3H3. The van der Waals surface area contributed by atoms with Crippen molar-refractivity contribution in [1.29, 1.82) is 0 Å². The van der Waals surface area contributed by atoms with Gasteiger partial charge in [0.05, 0.1) is 4.92 Å². The summed E-state index contributed by atoms with van der Waals surface area (Å²) in [6.45, 7) is 4.29. The summed E-state index contributed by atoms with van der Waals surface area (Å²) >= 11 is 0. The highest BCUT2D eigenvalue weighted by atomic mass is 16.6. The van der Waals surface area contributed by atoms with Gasteiger partial charge < -0.3 is 5.32 Å². The van der Waals surface area contributed by atoms with Gasteiger partial charge in [0, 0.05) is 17.7 Å². The van der Waals surface area contributed by atoms with Crippen LogP contribution in [0.3, 0.4) is 0 Å². The van der Waals surface area contributed by atoms with E-state index < -0.39 is 0 Å². The zero-order valence-corrected chi connectivity index (χ0v) is 10.6. The van der Waals surface area contributed by atoms with Crippen molar-refractivity contribution >= 4 is 5.69 Å². The fourth-order valence-corrected chi connectivity index (χ4v) is 1.82. The number of benzene rings is 1. The molecule has 2 unspecified atom stereocenters. The van der Waals surface area contributed by atoms with Crippen molar-refractivity contribution in [3.05, 3.63) is 39.9 Å². The minimum absolute atomic E-state index is 0.233. The maximum atomic E-state index is 10.8. The van der Waals surface area contributed by atoms with Crippen LogP contribution < -0.4 is 5.32 Å². The topological polar surface area (TPSA) is 55.2 Å². The molecule has 1 N–H and O–H groups in total. The minimum Gasteiger partial charge on any atom is -0.317 e. The highest BCUT2D eigenvalue weighted by Gasteiger charge is 2.15. The van der Waals surface area contributed by atoms with Gasteiger partial charge in [-0.25, -0.2) is 0 Å². The van der Waals surface area contributed by atoms with Gasteiger partial charge in [-0.2, -0.15) is 0 Å². The molecule has 0 amide bonds. The molecule has 0 aliphatic rings. The number of hydrogen-bond donors (Lipinski definition) is 1. The summed E-state index contributed by atoms with van der Waals surface area (Å²) in [5.41, 5.74) is 1.06. The fourth-order valence-electron chi connectivity index (χ4n) is 1.82. The van der Waals surface area contributed by atoms with E-state index in [1.54, 1.807) is 12.1 Å². The Morgan fingerprint density at radius 1 is 1.35 bits per heavy atom. The van der Waals surface area contributed by atoms with Gasteiger partial charge >= 0.3 is 0 Å². The molecule has 0 aliphatic heterocycles. The van der Waals surface area contributed by atoms with Gasteiger partial charge in [-0.15, -0.1) is 0 Å². The van der Waals surface area contributed by atoms with Crippen LogP contribution in [0.15, 0.2) is 24.3 Å². The van der Waals surface area contributed by atoms with Crippen molar-refractivity contribution in [2.24, 2.45) is 5.92 Å². The van der Waals surface area contributed by atoms with E-state index in [2.05, 4.69) is 19.2 Å². The fraction of sp³-hybridized carbons (Fsp3) is 0.538. The predicted octanol–water partition coefficient (Wildman–Crippen LogP) is 2.77. The molecule has 0 aliphatic carbocycles. The lowest BCUT2D eigenvalue weighted by Gasteiger charge is -2.18. The third kappa shape index (κ3) is 3.82.